The lowest BCUT2D eigenvalue weighted by molar-refractivity contribution is -0.0193. The lowest BCUT2D eigenvalue weighted by Crippen LogP contribution is -2.20. The van der Waals surface area contributed by atoms with Gasteiger partial charge in [0.1, 0.15) is 0 Å². The molecule has 138 valence electrons. The van der Waals surface area contributed by atoms with Gasteiger partial charge < -0.3 is 14.2 Å². The summed E-state index contributed by atoms with van der Waals surface area (Å²) in [6, 6.07) is 6.49. The Bertz CT molecular complexity index is 425. The minimum atomic E-state index is -0.153. The SMILES string of the molecule is CC(C)(C)OCc1cc(COC(C)(C)C)cc(COC(C)(C)C)c1. The molecule has 1 aromatic rings. The quantitative estimate of drug-likeness (QED) is 0.673. The van der Waals surface area contributed by atoms with E-state index in [0.717, 1.165) is 16.7 Å². The molecule has 0 bridgehead atoms. The third kappa shape index (κ3) is 10.1. The Balaban J connectivity index is 2.91. The number of rotatable bonds is 6. The molecular formula is C21H36O3. The van der Waals surface area contributed by atoms with Gasteiger partial charge in [0.15, 0.2) is 0 Å². The molecule has 0 aliphatic heterocycles. The molecule has 0 amide bonds. The van der Waals surface area contributed by atoms with Crippen molar-refractivity contribution in [2.45, 2.75) is 98.9 Å². The van der Waals surface area contributed by atoms with Gasteiger partial charge >= 0.3 is 0 Å². The summed E-state index contributed by atoms with van der Waals surface area (Å²) in [7, 11) is 0. The molecule has 1 rings (SSSR count). The first-order valence-corrected chi connectivity index (χ1v) is 8.77. The van der Waals surface area contributed by atoms with Gasteiger partial charge in [-0.25, -0.2) is 0 Å². The maximum Gasteiger partial charge on any atom is 0.0724 e. The molecule has 0 saturated carbocycles. The topological polar surface area (TPSA) is 27.7 Å². The molecule has 24 heavy (non-hydrogen) atoms. The van der Waals surface area contributed by atoms with Gasteiger partial charge in [-0.15, -0.1) is 0 Å². The van der Waals surface area contributed by atoms with Crippen molar-refractivity contribution >= 4 is 0 Å². The molecule has 0 aromatic heterocycles. The van der Waals surface area contributed by atoms with Crippen molar-refractivity contribution in [2.75, 3.05) is 0 Å². The van der Waals surface area contributed by atoms with Crippen LogP contribution in [0.1, 0.15) is 79.0 Å². The summed E-state index contributed by atoms with van der Waals surface area (Å²) in [4.78, 5) is 0. The molecule has 0 aliphatic carbocycles. The van der Waals surface area contributed by atoms with Crippen molar-refractivity contribution in [1.82, 2.24) is 0 Å². The molecule has 3 heteroatoms. The van der Waals surface area contributed by atoms with Crippen LogP contribution in [0.3, 0.4) is 0 Å². The first-order chi connectivity index (χ1) is 10.7. The van der Waals surface area contributed by atoms with Crippen molar-refractivity contribution in [2.24, 2.45) is 0 Å². The predicted molar refractivity (Wildman–Crippen MR) is 100 cm³/mol. The highest BCUT2D eigenvalue weighted by molar-refractivity contribution is 5.29. The highest BCUT2D eigenvalue weighted by Crippen LogP contribution is 2.20. The van der Waals surface area contributed by atoms with Crippen LogP contribution >= 0.6 is 0 Å². The highest BCUT2D eigenvalue weighted by Gasteiger charge is 2.15. The van der Waals surface area contributed by atoms with Gasteiger partial charge in [0.2, 0.25) is 0 Å². The monoisotopic (exact) mass is 336 g/mol. The van der Waals surface area contributed by atoms with Crippen LogP contribution in [0.4, 0.5) is 0 Å². The van der Waals surface area contributed by atoms with Gasteiger partial charge in [-0.3, -0.25) is 0 Å². The first-order valence-electron chi connectivity index (χ1n) is 8.77. The summed E-state index contributed by atoms with van der Waals surface area (Å²) in [5, 5.41) is 0. The van der Waals surface area contributed by atoms with Crippen molar-refractivity contribution < 1.29 is 14.2 Å². The van der Waals surface area contributed by atoms with Crippen LogP contribution in [-0.2, 0) is 34.0 Å². The Morgan fingerprint density at radius 1 is 0.500 bits per heavy atom. The van der Waals surface area contributed by atoms with Crippen LogP contribution in [0.5, 0.6) is 0 Å². The highest BCUT2D eigenvalue weighted by atomic mass is 16.5. The molecule has 0 atom stereocenters. The van der Waals surface area contributed by atoms with Crippen LogP contribution in [0, 0.1) is 0 Å². The number of benzene rings is 1. The average molecular weight is 337 g/mol. The summed E-state index contributed by atoms with van der Waals surface area (Å²) in [5.74, 6) is 0. The van der Waals surface area contributed by atoms with E-state index in [4.69, 9.17) is 14.2 Å². The van der Waals surface area contributed by atoms with E-state index in [1.165, 1.54) is 0 Å². The van der Waals surface area contributed by atoms with E-state index in [2.05, 4.69) is 80.5 Å². The van der Waals surface area contributed by atoms with Crippen LogP contribution in [0.2, 0.25) is 0 Å². The standard InChI is InChI=1S/C21H36O3/c1-19(2,3)22-13-16-10-17(14-23-20(4,5)6)12-18(11-16)15-24-21(7,8)9/h10-12H,13-15H2,1-9H3. The van der Waals surface area contributed by atoms with E-state index >= 15 is 0 Å². The molecular weight excluding hydrogens is 300 g/mol. The van der Waals surface area contributed by atoms with Gasteiger partial charge in [-0.1, -0.05) is 18.2 Å². The Hall–Kier alpha value is -0.900. The zero-order chi connectivity index (χ0) is 18.6. The van der Waals surface area contributed by atoms with Crippen molar-refractivity contribution in [1.29, 1.82) is 0 Å². The summed E-state index contributed by atoms with van der Waals surface area (Å²) in [6.45, 7) is 20.4. The first kappa shape index (κ1) is 21.1. The van der Waals surface area contributed by atoms with Gasteiger partial charge in [0.05, 0.1) is 36.6 Å². The Kier molecular flexibility index (Phi) is 7.04. The third-order valence-electron chi connectivity index (χ3n) is 3.13. The summed E-state index contributed by atoms with van der Waals surface area (Å²) >= 11 is 0. The van der Waals surface area contributed by atoms with Crippen molar-refractivity contribution in [3.63, 3.8) is 0 Å². The minimum Gasteiger partial charge on any atom is -0.371 e. The normalized spacial score (nSPS) is 13.4. The maximum absolute atomic E-state index is 5.93. The van der Waals surface area contributed by atoms with E-state index < -0.39 is 0 Å². The van der Waals surface area contributed by atoms with E-state index in [9.17, 15) is 0 Å². The van der Waals surface area contributed by atoms with Crippen LogP contribution in [0.15, 0.2) is 18.2 Å². The van der Waals surface area contributed by atoms with Crippen LogP contribution in [-0.4, -0.2) is 16.8 Å². The molecule has 0 unspecified atom stereocenters. The van der Waals surface area contributed by atoms with E-state index in [1.807, 2.05) is 0 Å². The number of ether oxygens (including phenoxy) is 3. The number of hydrogen-bond donors (Lipinski definition) is 0. The summed E-state index contributed by atoms with van der Waals surface area (Å²) < 4.78 is 17.8. The molecule has 0 fully saturated rings. The van der Waals surface area contributed by atoms with E-state index in [1.54, 1.807) is 0 Å². The van der Waals surface area contributed by atoms with Gasteiger partial charge in [-0.05, 0) is 79.0 Å². The fourth-order valence-corrected chi connectivity index (χ4v) is 1.99. The van der Waals surface area contributed by atoms with Gasteiger partial charge in [-0.2, -0.15) is 0 Å². The molecule has 0 spiro atoms. The second kappa shape index (κ2) is 7.99. The molecule has 0 radical (unpaired) electrons. The van der Waals surface area contributed by atoms with Gasteiger partial charge in [0.25, 0.3) is 0 Å². The third-order valence-corrected chi connectivity index (χ3v) is 3.13. The smallest absolute Gasteiger partial charge is 0.0724 e. The Morgan fingerprint density at radius 3 is 0.875 bits per heavy atom. The zero-order valence-corrected chi connectivity index (χ0v) is 17.1. The predicted octanol–water partition coefficient (Wildman–Crippen LogP) is 5.63. The average Bonchev–Trinajstić information content (AvgIpc) is 2.38. The maximum atomic E-state index is 5.93. The van der Waals surface area contributed by atoms with Crippen molar-refractivity contribution in [3.8, 4) is 0 Å². The minimum absolute atomic E-state index is 0.153. The van der Waals surface area contributed by atoms with E-state index in [-0.39, 0.29) is 16.8 Å². The Morgan fingerprint density at radius 2 is 0.708 bits per heavy atom. The second-order valence-corrected chi connectivity index (χ2v) is 9.36. The second-order valence-electron chi connectivity index (χ2n) is 9.36. The van der Waals surface area contributed by atoms with Crippen LogP contribution in [0.25, 0.3) is 0 Å². The lowest BCUT2D eigenvalue weighted by atomic mass is 10.1. The van der Waals surface area contributed by atoms with Gasteiger partial charge in [0, 0.05) is 0 Å². The fourth-order valence-electron chi connectivity index (χ4n) is 1.99. The summed E-state index contributed by atoms with van der Waals surface area (Å²) in [6.07, 6.45) is 0. The fraction of sp³-hybridized carbons (Fsp3) is 0.714. The molecule has 0 aliphatic rings. The zero-order valence-electron chi connectivity index (χ0n) is 17.1. The van der Waals surface area contributed by atoms with E-state index in [0.29, 0.717) is 19.8 Å². The summed E-state index contributed by atoms with van der Waals surface area (Å²) in [5.41, 5.74) is 3.02. The molecule has 3 nitrogen and oxygen atoms in total. The largest absolute Gasteiger partial charge is 0.371 e. The molecule has 0 N–H and O–H groups in total. The molecule has 0 saturated heterocycles. The number of hydrogen-bond acceptors (Lipinski definition) is 3. The lowest BCUT2D eigenvalue weighted by Gasteiger charge is -2.23. The van der Waals surface area contributed by atoms with Crippen molar-refractivity contribution in [3.05, 3.63) is 34.9 Å². The molecule has 1 aromatic carbocycles. The Labute approximate surface area is 148 Å². The molecule has 0 heterocycles. The van der Waals surface area contributed by atoms with Crippen LogP contribution < -0.4 is 0 Å².